The Hall–Kier alpha value is -1.81. The first kappa shape index (κ1) is 13.6. The summed E-state index contributed by atoms with van der Waals surface area (Å²) in [6.07, 6.45) is 1.73. The molecule has 0 radical (unpaired) electrons. The maximum Gasteiger partial charge on any atom is 0.126 e. The minimum absolute atomic E-state index is 0.147. The van der Waals surface area contributed by atoms with E-state index in [4.69, 9.17) is 0 Å². The molecule has 4 heteroatoms. The van der Waals surface area contributed by atoms with Gasteiger partial charge in [0.15, 0.2) is 0 Å². The van der Waals surface area contributed by atoms with E-state index >= 15 is 0 Å². The standard InChI is InChI=1S/C15H16F2N2/c1-10-4-3-5-18-15(10)9-19-11(2)12-6-13(16)8-14(17)7-12/h3-8,11,19H,9H2,1-2H3. The first-order valence-corrected chi connectivity index (χ1v) is 6.16. The summed E-state index contributed by atoms with van der Waals surface area (Å²) in [4.78, 5) is 4.27. The third-order valence-corrected chi connectivity index (χ3v) is 3.08. The first-order chi connectivity index (χ1) is 9.06. The summed E-state index contributed by atoms with van der Waals surface area (Å²) in [5.41, 5.74) is 2.62. The van der Waals surface area contributed by atoms with Crippen molar-refractivity contribution in [3.8, 4) is 0 Å². The number of rotatable bonds is 4. The van der Waals surface area contributed by atoms with Crippen LogP contribution < -0.4 is 5.32 Å². The fourth-order valence-electron chi connectivity index (χ4n) is 1.90. The van der Waals surface area contributed by atoms with Crippen molar-refractivity contribution in [1.29, 1.82) is 0 Å². The molecule has 2 aromatic rings. The summed E-state index contributed by atoms with van der Waals surface area (Å²) < 4.78 is 26.3. The molecule has 0 aliphatic heterocycles. The van der Waals surface area contributed by atoms with Crippen molar-refractivity contribution in [2.24, 2.45) is 0 Å². The highest BCUT2D eigenvalue weighted by Crippen LogP contribution is 2.16. The molecule has 0 saturated heterocycles. The first-order valence-electron chi connectivity index (χ1n) is 6.16. The van der Waals surface area contributed by atoms with E-state index in [1.54, 1.807) is 6.20 Å². The van der Waals surface area contributed by atoms with Crippen molar-refractivity contribution in [2.45, 2.75) is 26.4 Å². The van der Waals surface area contributed by atoms with Crippen LogP contribution in [0.3, 0.4) is 0 Å². The van der Waals surface area contributed by atoms with Gasteiger partial charge in [0.1, 0.15) is 11.6 Å². The van der Waals surface area contributed by atoms with Gasteiger partial charge in [0.2, 0.25) is 0 Å². The van der Waals surface area contributed by atoms with Crippen molar-refractivity contribution in [3.63, 3.8) is 0 Å². The Morgan fingerprint density at radius 1 is 1.21 bits per heavy atom. The molecule has 0 bridgehead atoms. The van der Waals surface area contributed by atoms with Gasteiger partial charge in [-0.25, -0.2) is 8.78 Å². The Morgan fingerprint density at radius 2 is 1.89 bits per heavy atom. The van der Waals surface area contributed by atoms with Crippen LogP contribution in [0, 0.1) is 18.6 Å². The molecular weight excluding hydrogens is 246 g/mol. The Morgan fingerprint density at radius 3 is 2.53 bits per heavy atom. The van der Waals surface area contributed by atoms with E-state index in [-0.39, 0.29) is 6.04 Å². The van der Waals surface area contributed by atoms with Gasteiger partial charge in [-0.15, -0.1) is 0 Å². The Kier molecular flexibility index (Phi) is 4.22. The molecule has 0 spiro atoms. The smallest absolute Gasteiger partial charge is 0.126 e. The molecule has 0 aliphatic carbocycles. The maximum atomic E-state index is 13.1. The number of hydrogen-bond acceptors (Lipinski definition) is 2. The molecule has 1 aromatic heterocycles. The maximum absolute atomic E-state index is 13.1. The summed E-state index contributed by atoms with van der Waals surface area (Å²) in [5.74, 6) is -1.12. The third-order valence-electron chi connectivity index (χ3n) is 3.08. The predicted molar refractivity (Wildman–Crippen MR) is 70.6 cm³/mol. The SMILES string of the molecule is Cc1cccnc1CNC(C)c1cc(F)cc(F)c1. The van der Waals surface area contributed by atoms with Crippen LogP contribution in [0.5, 0.6) is 0 Å². The zero-order chi connectivity index (χ0) is 13.8. The fourth-order valence-corrected chi connectivity index (χ4v) is 1.90. The van der Waals surface area contributed by atoms with E-state index < -0.39 is 11.6 Å². The number of aromatic nitrogens is 1. The highest BCUT2D eigenvalue weighted by atomic mass is 19.1. The van der Waals surface area contributed by atoms with E-state index in [1.807, 2.05) is 26.0 Å². The minimum atomic E-state index is -0.558. The Labute approximate surface area is 111 Å². The summed E-state index contributed by atoms with van der Waals surface area (Å²) in [5, 5.41) is 3.21. The predicted octanol–water partition coefficient (Wildman–Crippen LogP) is 3.52. The van der Waals surface area contributed by atoms with E-state index in [1.165, 1.54) is 12.1 Å². The average molecular weight is 262 g/mol. The third kappa shape index (κ3) is 3.58. The van der Waals surface area contributed by atoms with Crippen LogP contribution in [-0.4, -0.2) is 4.98 Å². The van der Waals surface area contributed by atoms with Gasteiger partial charge in [-0.2, -0.15) is 0 Å². The van der Waals surface area contributed by atoms with Gasteiger partial charge in [-0.1, -0.05) is 6.07 Å². The topological polar surface area (TPSA) is 24.9 Å². The Balaban J connectivity index is 2.05. The van der Waals surface area contributed by atoms with Crippen LogP contribution in [0.15, 0.2) is 36.5 Å². The molecule has 1 N–H and O–H groups in total. The van der Waals surface area contributed by atoms with Crippen LogP contribution in [0.4, 0.5) is 8.78 Å². The molecule has 19 heavy (non-hydrogen) atoms. The van der Waals surface area contributed by atoms with Crippen molar-refractivity contribution in [3.05, 3.63) is 65.0 Å². The zero-order valence-corrected chi connectivity index (χ0v) is 11.0. The molecule has 0 amide bonds. The molecule has 0 fully saturated rings. The number of pyridine rings is 1. The van der Waals surface area contributed by atoms with Gasteiger partial charge >= 0.3 is 0 Å². The lowest BCUT2D eigenvalue weighted by Gasteiger charge is -2.15. The molecule has 0 aliphatic rings. The van der Waals surface area contributed by atoms with E-state index in [0.717, 1.165) is 17.3 Å². The molecule has 1 heterocycles. The molecule has 2 rings (SSSR count). The van der Waals surface area contributed by atoms with Gasteiger partial charge in [-0.3, -0.25) is 4.98 Å². The van der Waals surface area contributed by atoms with Gasteiger partial charge in [-0.05, 0) is 43.2 Å². The van der Waals surface area contributed by atoms with Crippen molar-refractivity contribution < 1.29 is 8.78 Å². The molecule has 1 unspecified atom stereocenters. The van der Waals surface area contributed by atoms with Crippen LogP contribution in [0.2, 0.25) is 0 Å². The van der Waals surface area contributed by atoms with Gasteiger partial charge in [0, 0.05) is 24.8 Å². The highest BCUT2D eigenvalue weighted by molar-refractivity contribution is 5.22. The monoisotopic (exact) mass is 262 g/mol. The molecule has 1 aromatic carbocycles. The largest absolute Gasteiger partial charge is 0.305 e. The lowest BCUT2D eigenvalue weighted by atomic mass is 10.1. The van der Waals surface area contributed by atoms with E-state index in [2.05, 4.69) is 10.3 Å². The molecule has 1 atom stereocenters. The second-order valence-electron chi connectivity index (χ2n) is 4.57. The summed E-state index contributed by atoms with van der Waals surface area (Å²) >= 11 is 0. The van der Waals surface area contributed by atoms with Crippen LogP contribution >= 0.6 is 0 Å². The number of nitrogens with one attached hydrogen (secondary N) is 1. The minimum Gasteiger partial charge on any atom is -0.305 e. The van der Waals surface area contributed by atoms with Crippen molar-refractivity contribution >= 4 is 0 Å². The second kappa shape index (κ2) is 5.89. The lowest BCUT2D eigenvalue weighted by Crippen LogP contribution is -2.19. The number of nitrogens with zero attached hydrogens (tertiary/aromatic N) is 1. The Bertz CT molecular complexity index is 550. The number of benzene rings is 1. The summed E-state index contributed by atoms with van der Waals surface area (Å²) in [7, 11) is 0. The highest BCUT2D eigenvalue weighted by Gasteiger charge is 2.09. The van der Waals surface area contributed by atoms with Crippen LogP contribution in [0.25, 0.3) is 0 Å². The normalized spacial score (nSPS) is 12.4. The van der Waals surface area contributed by atoms with Crippen LogP contribution in [0.1, 0.15) is 29.8 Å². The number of hydrogen-bond donors (Lipinski definition) is 1. The quantitative estimate of drug-likeness (QED) is 0.912. The van der Waals surface area contributed by atoms with Gasteiger partial charge < -0.3 is 5.32 Å². The van der Waals surface area contributed by atoms with Crippen molar-refractivity contribution in [1.82, 2.24) is 10.3 Å². The zero-order valence-electron chi connectivity index (χ0n) is 11.0. The van der Waals surface area contributed by atoms with E-state index in [0.29, 0.717) is 12.1 Å². The molecule has 2 nitrogen and oxygen atoms in total. The second-order valence-corrected chi connectivity index (χ2v) is 4.57. The fraction of sp³-hybridized carbons (Fsp3) is 0.267. The summed E-state index contributed by atoms with van der Waals surface area (Å²) in [6, 6.07) is 7.27. The van der Waals surface area contributed by atoms with Crippen LogP contribution in [-0.2, 0) is 6.54 Å². The number of aryl methyl sites for hydroxylation is 1. The number of halogens is 2. The molecule has 100 valence electrons. The van der Waals surface area contributed by atoms with Gasteiger partial charge in [0.25, 0.3) is 0 Å². The summed E-state index contributed by atoms with van der Waals surface area (Å²) in [6.45, 7) is 4.41. The average Bonchev–Trinajstić information content (AvgIpc) is 2.36. The molecule has 0 saturated carbocycles. The van der Waals surface area contributed by atoms with Crippen molar-refractivity contribution in [2.75, 3.05) is 0 Å². The molecular formula is C15H16F2N2. The van der Waals surface area contributed by atoms with E-state index in [9.17, 15) is 8.78 Å². The van der Waals surface area contributed by atoms with Gasteiger partial charge in [0.05, 0.1) is 5.69 Å². The lowest BCUT2D eigenvalue weighted by molar-refractivity contribution is 0.541.